The van der Waals surface area contributed by atoms with Gasteiger partial charge in [0.2, 0.25) is 0 Å². The molecule has 0 unspecified atom stereocenters. The third-order valence-electron chi connectivity index (χ3n) is 0.318. The molecule has 0 aliphatic rings. The molecule has 0 aromatic rings. The zero-order chi connectivity index (χ0) is 5.21. The SMILES string of the molecule is CC(C)(F)CCl. The van der Waals surface area contributed by atoms with Crippen LogP contribution in [-0.4, -0.2) is 11.5 Å². The van der Waals surface area contributed by atoms with Gasteiger partial charge in [0.05, 0.1) is 5.88 Å². The number of halogens is 2. The summed E-state index contributed by atoms with van der Waals surface area (Å²) in [6.45, 7) is 2.89. The fraction of sp³-hybridized carbons (Fsp3) is 1.00. The van der Waals surface area contributed by atoms with Gasteiger partial charge in [0.15, 0.2) is 0 Å². The molecule has 0 saturated carbocycles. The Hall–Kier alpha value is 0.220. The van der Waals surface area contributed by atoms with Crippen LogP contribution in [0.25, 0.3) is 0 Å². The van der Waals surface area contributed by atoms with Crippen molar-refractivity contribution >= 4 is 11.6 Å². The summed E-state index contributed by atoms with van der Waals surface area (Å²) in [7, 11) is 0. The Morgan fingerprint density at radius 2 is 1.83 bits per heavy atom. The summed E-state index contributed by atoms with van der Waals surface area (Å²) in [6.07, 6.45) is 0. The Morgan fingerprint density at radius 3 is 1.83 bits per heavy atom. The van der Waals surface area contributed by atoms with Gasteiger partial charge in [0.25, 0.3) is 0 Å². The van der Waals surface area contributed by atoms with E-state index in [0.29, 0.717) is 0 Å². The fourth-order valence-electron chi connectivity index (χ4n) is 0. The minimum Gasteiger partial charge on any atom is -0.243 e. The van der Waals surface area contributed by atoms with Crippen molar-refractivity contribution in [2.75, 3.05) is 5.88 Å². The van der Waals surface area contributed by atoms with Crippen LogP contribution in [0.4, 0.5) is 4.39 Å². The molecule has 0 rings (SSSR count). The van der Waals surface area contributed by atoms with Crippen LogP contribution in [0.1, 0.15) is 13.8 Å². The largest absolute Gasteiger partial charge is 0.243 e. The lowest BCUT2D eigenvalue weighted by Gasteiger charge is -2.05. The number of rotatable bonds is 1. The average molecular weight is 111 g/mol. The van der Waals surface area contributed by atoms with Crippen molar-refractivity contribution in [1.82, 2.24) is 0 Å². The molecule has 0 N–H and O–H groups in total. The van der Waals surface area contributed by atoms with Gasteiger partial charge in [-0.25, -0.2) is 4.39 Å². The summed E-state index contributed by atoms with van der Waals surface area (Å²) in [5.74, 6) is 0.0764. The van der Waals surface area contributed by atoms with Gasteiger partial charge in [-0.15, -0.1) is 11.6 Å². The molecule has 0 spiro atoms. The second kappa shape index (κ2) is 1.78. The van der Waals surface area contributed by atoms with Gasteiger partial charge in [-0.05, 0) is 13.8 Å². The summed E-state index contributed by atoms with van der Waals surface area (Å²) in [6, 6.07) is 0. The molecule has 0 radical (unpaired) electrons. The molecule has 0 fully saturated rings. The smallest absolute Gasteiger partial charge is 0.118 e. The second-order valence-electron chi connectivity index (χ2n) is 1.85. The molecule has 0 aromatic carbocycles. The van der Waals surface area contributed by atoms with Gasteiger partial charge in [-0.3, -0.25) is 0 Å². The van der Waals surface area contributed by atoms with Crippen molar-refractivity contribution in [2.45, 2.75) is 19.5 Å². The Bertz CT molecular complexity index is 37.3. The van der Waals surface area contributed by atoms with Crippen LogP contribution < -0.4 is 0 Å². The van der Waals surface area contributed by atoms with Gasteiger partial charge < -0.3 is 0 Å². The van der Waals surface area contributed by atoms with Crippen molar-refractivity contribution in [1.29, 1.82) is 0 Å². The maximum atomic E-state index is 12.0. The highest BCUT2D eigenvalue weighted by atomic mass is 35.5. The van der Waals surface area contributed by atoms with Crippen molar-refractivity contribution in [3.8, 4) is 0 Å². The standard InChI is InChI=1S/C4H8ClF/c1-4(2,6)3-5/h3H2,1-2H3. The van der Waals surface area contributed by atoms with Crippen molar-refractivity contribution in [3.05, 3.63) is 0 Å². The highest BCUT2D eigenvalue weighted by Gasteiger charge is 2.11. The first kappa shape index (κ1) is 6.22. The molecule has 6 heavy (non-hydrogen) atoms. The molecule has 38 valence electrons. The van der Waals surface area contributed by atoms with Gasteiger partial charge in [-0.1, -0.05) is 0 Å². The van der Waals surface area contributed by atoms with E-state index >= 15 is 0 Å². The number of hydrogen-bond acceptors (Lipinski definition) is 0. The molecule has 0 aliphatic carbocycles. The zero-order valence-electron chi connectivity index (χ0n) is 3.96. The summed E-state index contributed by atoms with van der Waals surface area (Å²) in [5, 5.41) is 0. The first-order chi connectivity index (χ1) is 2.56. The van der Waals surface area contributed by atoms with E-state index in [1.54, 1.807) is 0 Å². The maximum Gasteiger partial charge on any atom is 0.118 e. The minimum absolute atomic E-state index is 0.0764. The minimum atomic E-state index is -1.19. The third kappa shape index (κ3) is 4.22. The van der Waals surface area contributed by atoms with E-state index in [1.807, 2.05) is 0 Å². The third-order valence-corrected chi connectivity index (χ3v) is 0.953. The Morgan fingerprint density at radius 1 is 1.67 bits per heavy atom. The van der Waals surface area contributed by atoms with E-state index in [-0.39, 0.29) is 5.88 Å². The van der Waals surface area contributed by atoms with Crippen molar-refractivity contribution < 1.29 is 4.39 Å². The van der Waals surface area contributed by atoms with Crippen LogP contribution in [0.5, 0.6) is 0 Å². The quantitative estimate of drug-likeness (QED) is 0.453. The van der Waals surface area contributed by atoms with E-state index in [2.05, 4.69) is 0 Å². The molecule has 2 heteroatoms. The average Bonchev–Trinajstić information content (AvgIpc) is 1.35. The highest BCUT2D eigenvalue weighted by Crippen LogP contribution is 2.08. The van der Waals surface area contributed by atoms with Crippen molar-refractivity contribution in [3.63, 3.8) is 0 Å². The van der Waals surface area contributed by atoms with E-state index in [0.717, 1.165) is 0 Å². The normalized spacial score (nSPS) is 12.0. The summed E-state index contributed by atoms with van der Waals surface area (Å²) in [4.78, 5) is 0. The lowest BCUT2D eigenvalue weighted by atomic mass is 10.2. The van der Waals surface area contributed by atoms with Gasteiger partial charge in [0, 0.05) is 0 Å². The van der Waals surface area contributed by atoms with Crippen LogP contribution in [0.3, 0.4) is 0 Å². The first-order valence-corrected chi connectivity index (χ1v) is 2.34. The fourth-order valence-corrected chi connectivity index (χ4v) is 0. The number of alkyl halides is 2. The monoisotopic (exact) mass is 110 g/mol. The van der Waals surface area contributed by atoms with Crippen LogP contribution in [0, 0.1) is 0 Å². The van der Waals surface area contributed by atoms with E-state index in [1.165, 1.54) is 13.8 Å². The van der Waals surface area contributed by atoms with E-state index in [9.17, 15) is 4.39 Å². The van der Waals surface area contributed by atoms with Crippen LogP contribution in [0.2, 0.25) is 0 Å². The van der Waals surface area contributed by atoms with Gasteiger partial charge in [-0.2, -0.15) is 0 Å². The summed E-state index contributed by atoms with van der Waals surface area (Å²) < 4.78 is 12.0. The molecule has 0 amide bonds. The molecule has 0 saturated heterocycles. The topological polar surface area (TPSA) is 0 Å². The maximum absolute atomic E-state index is 12.0. The molecule has 0 heterocycles. The molecule has 0 nitrogen and oxygen atoms in total. The predicted molar refractivity (Wildman–Crippen MR) is 25.9 cm³/mol. The van der Waals surface area contributed by atoms with Crippen LogP contribution in [-0.2, 0) is 0 Å². The molecular formula is C4H8ClF. The summed E-state index contributed by atoms with van der Waals surface area (Å²) >= 11 is 5.10. The lowest BCUT2D eigenvalue weighted by Crippen LogP contribution is -2.12. The molecule has 0 atom stereocenters. The highest BCUT2D eigenvalue weighted by molar-refractivity contribution is 6.18. The first-order valence-electron chi connectivity index (χ1n) is 1.81. The molecule has 0 aromatic heterocycles. The Labute approximate surface area is 42.3 Å². The molecule has 0 aliphatic heterocycles. The zero-order valence-corrected chi connectivity index (χ0v) is 4.72. The van der Waals surface area contributed by atoms with E-state index < -0.39 is 5.67 Å². The lowest BCUT2D eigenvalue weighted by molar-refractivity contribution is 0.251. The van der Waals surface area contributed by atoms with E-state index in [4.69, 9.17) is 11.6 Å². The Balaban J connectivity index is 3.17. The van der Waals surface area contributed by atoms with Gasteiger partial charge >= 0.3 is 0 Å². The number of hydrogen-bond donors (Lipinski definition) is 0. The molecular weight excluding hydrogens is 102 g/mol. The Kier molecular flexibility index (Phi) is 1.85. The van der Waals surface area contributed by atoms with Crippen LogP contribution in [0.15, 0.2) is 0 Å². The predicted octanol–water partition coefficient (Wildman–Crippen LogP) is 1.97. The van der Waals surface area contributed by atoms with Gasteiger partial charge in [0.1, 0.15) is 5.67 Å². The van der Waals surface area contributed by atoms with Crippen molar-refractivity contribution in [2.24, 2.45) is 0 Å². The summed E-state index contributed by atoms with van der Waals surface area (Å²) in [5.41, 5.74) is -1.19. The molecule has 0 bridgehead atoms. The second-order valence-corrected chi connectivity index (χ2v) is 2.12. The van der Waals surface area contributed by atoms with Crippen LogP contribution >= 0.6 is 11.6 Å².